The third kappa shape index (κ3) is 3.80. The van der Waals surface area contributed by atoms with E-state index in [4.69, 9.17) is 0 Å². The summed E-state index contributed by atoms with van der Waals surface area (Å²) in [5.41, 5.74) is 0.894. The van der Waals surface area contributed by atoms with E-state index >= 15 is 0 Å². The Morgan fingerprint density at radius 1 is 1.32 bits per heavy atom. The highest BCUT2D eigenvalue weighted by atomic mass is 32.1. The number of hydrogen-bond donors (Lipinski definition) is 2. The van der Waals surface area contributed by atoms with Crippen molar-refractivity contribution in [3.63, 3.8) is 0 Å². The van der Waals surface area contributed by atoms with Crippen LogP contribution in [0.2, 0.25) is 0 Å². The smallest absolute Gasteiger partial charge is 0.315 e. The van der Waals surface area contributed by atoms with Gasteiger partial charge in [-0.05, 0) is 24.7 Å². The Labute approximate surface area is 135 Å². The van der Waals surface area contributed by atoms with Crippen LogP contribution in [0.1, 0.15) is 44.7 Å². The lowest BCUT2D eigenvalue weighted by molar-refractivity contribution is 0.229. The second kappa shape index (κ2) is 7.13. The van der Waals surface area contributed by atoms with Gasteiger partial charge in [-0.3, -0.25) is 4.40 Å². The molecular weight excluding hydrogens is 296 g/mol. The van der Waals surface area contributed by atoms with Crippen molar-refractivity contribution in [1.82, 2.24) is 20.0 Å². The Bertz CT molecular complexity index is 584. The number of urea groups is 1. The molecule has 1 saturated carbocycles. The minimum atomic E-state index is -0.0889. The number of nitrogens with one attached hydrogen (secondary N) is 2. The van der Waals surface area contributed by atoms with Gasteiger partial charge in [0.1, 0.15) is 0 Å². The molecule has 2 N–H and O–H groups in total. The number of thiazole rings is 1. The molecule has 0 atom stereocenters. The first kappa shape index (κ1) is 15.3. The van der Waals surface area contributed by atoms with E-state index in [1.165, 1.54) is 32.1 Å². The Morgan fingerprint density at radius 2 is 2.09 bits per heavy atom. The van der Waals surface area contributed by atoms with Crippen molar-refractivity contribution in [3.8, 4) is 0 Å². The van der Waals surface area contributed by atoms with Gasteiger partial charge in [-0.15, -0.1) is 11.3 Å². The first-order valence-electron chi connectivity index (χ1n) is 8.17. The summed E-state index contributed by atoms with van der Waals surface area (Å²) < 4.78 is 1.98. The van der Waals surface area contributed by atoms with E-state index in [0.29, 0.717) is 12.5 Å². The van der Waals surface area contributed by atoms with Crippen LogP contribution >= 0.6 is 11.3 Å². The number of aromatic nitrogens is 2. The molecule has 0 saturated heterocycles. The Hall–Kier alpha value is -1.56. The van der Waals surface area contributed by atoms with Crippen LogP contribution in [-0.2, 0) is 6.54 Å². The van der Waals surface area contributed by atoms with E-state index < -0.39 is 0 Å². The summed E-state index contributed by atoms with van der Waals surface area (Å²) in [6.45, 7) is 3.54. The molecule has 22 heavy (non-hydrogen) atoms. The quantitative estimate of drug-likeness (QED) is 0.887. The molecule has 1 aliphatic carbocycles. The van der Waals surface area contributed by atoms with Gasteiger partial charge in [0.05, 0.1) is 12.2 Å². The number of hydrogen-bond acceptors (Lipinski definition) is 3. The zero-order chi connectivity index (χ0) is 15.4. The van der Waals surface area contributed by atoms with Gasteiger partial charge < -0.3 is 10.6 Å². The van der Waals surface area contributed by atoms with Crippen LogP contribution in [0.15, 0.2) is 17.8 Å². The summed E-state index contributed by atoms with van der Waals surface area (Å²) in [5.74, 6) is 1.55. The van der Waals surface area contributed by atoms with E-state index in [2.05, 4.69) is 22.5 Å². The van der Waals surface area contributed by atoms with Crippen LogP contribution in [0.4, 0.5) is 4.79 Å². The van der Waals surface area contributed by atoms with Crippen molar-refractivity contribution in [2.45, 2.75) is 45.6 Å². The first-order valence-corrected chi connectivity index (χ1v) is 9.05. The highest BCUT2D eigenvalue weighted by Crippen LogP contribution is 2.29. The summed E-state index contributed by atoms with van der Waals surface area (Å²) in [6.07, 6.45) is 10.3. The number of fused-ring (bicyclic) bond motifs is 1. The molecule has 1 fully saturated rings. The number of rotatable bonds is 5. The number of amides is 2. The van der Waals surface area contributed by atoms with Crippen molar-refractivity contribution in [1.29, 1.82) is 0 Å². The minimum Gasteiger partial charge on any atom is -0.338 e. The average molecular weight is 320 g/mol. The lowest BCUT2D eigenvalue weighted by Crippen LogP contribution is -2.38. The number of nitrogens with zero attached hydrogens (tertiary/aromatic N) is 2. The Morgan fingerprint density at radius 3 is 2.82 bits per heavy atom. The van der Waals surface area contributed by atoms with E-state index in [1.807, 2.05) is 22.2 Å². The highest BCUT2D eigenvalue weighted by molar-refractivity contribution is 7.15. The Kier molecular flexibility index (Phi) is 4.97. The summed E-state index contributed by atoms with van der Waals surface area (Å²) in [5, 5.41) is 7.89. The van der Waals surface area contributed by atoms with Crippen molar-refractivity contribution in [3.05, 3.63) is 23.5 Å². The van der Waals surface area contributed by atoms with Crippen LogP contribution < -0.4 is 10.6 Å². The maximum absolute atomic E-state index is 11.9. The third-order valence-electron chi connectivity index (χ3n) is 4.67. The van der Waals surface area contributed by atoms with Crippen LogP contribution in [0.25, 0.3) is 4.96 Å². The number of carbonyl (C=O) groups excluding carboxylic acids is 1. The van der Waals surface area contributed by atoms with Crippen LogP contribution in [0, 0.1) is 11.8 Å². The molecule has 0 spiro atoms. The normalized spacial score (nSPS) is 21.9. The van der Waals surface area contributed by atoms with Crippen LogP contribution in [-0.4, -0.2) is 22.0 Å². The maximum atomic E-state index is 11.9. The highest BCUT2D eigenvalue weighted by Gasteiger charge is 2.20. The fourth-order valence-corrected chi connectivity index (χ4v) is 3.89. The zero-order valence-corrected chi connectivity index (χ0v) is 13.9. The predicted octanol–water partition coefficient (Wildman–Crippen LogP) is 3.41. The molecule has 0 bridgehead atoms. The molecule has 0 unspecified atom stereocenters. The maximum Gasteiger partial charge on any atom is 0.315 e. The van der Waals surface area contributed by atoms with Gasteiger partial charge in [0, 0.05) is 24.3 Å². The predicted molar refractivity (Wildman–Crippen MR) is 89.0 cm³/mol. The lowest BCUT2D eigenvalue weighted by atomic mass is 9.81. The topological polar surface area (TPSA) is 58.4 Å². The van der Waals surface area contributed by atoms with Crippen LogP contribution in [0.3, 0.4) is 0 Å². The lowest BCUT2D eigenvalue weighted by Gasteiger charge is -2.27. The molecule has 2 aromatic rings. The third-order valence-corrected chi connectivity index (χ3v) is 5.44. The zero-order valence-electron chi connectivity index (χ0n) is 13.0. The Balaban J connectivity index is 1.37. The summed E-state index contributed by atoms with van der Waals surface area (Å²) in [6, 6.07) is -0.0889. The summed E-state index contributed by atoms with van der Waals surface area (Å²) in [7, 11) is 0. The molecule has 0 aromatic carbocycles. The second-order valence-electron chi connectivity index (χ2n) is 6.18. The standard InChI is InChI=1S/C16H24N4OS/c1-2-12-3-5-13(6-4-12)9-17-15(21)18-10-14-11-20-7-8-22-16(20)19-14/h7-8,11-13H,2-6,9-10H2,1H3,(H2,17,18,21). The van der Waals surface area contributed by atoms with Crippen LogP contribution in [0.5, 0.6) is 0 Å². The SMILES string of the molecule is CCC1CCC(CNC(=O)NCc2cn3ccsc3n2)CC1. The second-order valence-corrected chi connectivity index (χ2v) is 7.06. The molecule has 0 radical (unpaired) electrons. The molecule has 2 heterocycles. The molecule has 1 aliphatic rings. The molecule has 5 nitrogen and oxygen atoms in total. The molecule has 120 valence electrons. The van der Waals surface area contributed by atoms with Gasteiger partial charge in [-0.2, -0.15) is 0 Å². The number of imidazole rings is 1. The van der Waals surface area contributed by atoms with Gasteiger partial charge in [0.25, 0.3) is 0 Å². The van der Waals surface area contributed by atoms with Gasteiger partial charge in [-0.25, -0.2) is 9.78 Å². The van der Waals surface area contributed by atoms with E-state index in [-0.39, 0.29) is 6.03 Å². The summed E-state index contributed by atoms with van der Waals surface area (Å²) >= 11 is 1.60. The van der Waals surface area contributed by atoms with Gasteiger partial charge >= 0.3 is 6.03 Å². The molecule has 6 heteroatoms. The monoisotopic (exact) mass is 320 g/mol. The molecule has 3 rings (SSSR count). The van der Waals surface area contributed by atoms with Crippen molar-refractivity contribution in [2.24, 2.45) is 11.8 Å². The number of carbonyl (C=O) groups is 1. The fraction of sp³-hybridized carbons (Fsp3) is 0.625. The minimum absolute atomic E-state index is 0.0889. The molecular formula is C16H24N4OS. The first-order chi connectivity index (χ1) is 10.7. The largest absolute Gasteiger partial charge is 0.338 e. The van der Waals surface area contributed by atoms with Crippen molar-refractivity contribution >= 4 is 22.3 Å². The fourth-order valence-electron chi connectivity index (χ4n) is 3.18. The summed E-state index contributed by atoms with van der Waals surface area (Å²) in [4.78, 5) is 17.3. The molecule has 0 aliphatic heterocycles. The van der Waals surface area contributed by atoms with E-state index in [9.17, 15) is 4.79 Å². The average Bonchev–Trinajstić information content (AvgIpc) is 3.12. The van der Waals surface area contributed by atoms with Crippen molar-refractivity contribution in [2.75, 3.05) is 6.54 Å². The van der Waals surface area contributed by atoms with Gasteiger partial charge in [-0.1, -0.05) is 26.2 Å². The molecule has 2 amide bonds. The van der Waals surface area contributed by atoms with Gasteiger partial charge in [0.15, 0.2) is 4.96 Å². The molecule has 2 aromatic heterocycles. The van der Waals surface area contributed by atoms with E-state index in [1.54, 1.807) is 11.3 Å². The van der Waals surface area contributed by atoms with E-state index in [0.717, 1.165) is 23.1 Å². The van der Waals surface area contributed by atoms with Crippen molar-refractivity contribution < 1.29 is 4.79 Å². The van der Waals surface area contributed by atoms with Gasteiger partial charge in [0.2, 0.25) is 0 Å².